The van der Waals surface area contributed by atoms with Crippen LogP contribution >= 0.6 is 39.7 Å². The van der Waals surface area contributed by atoms with Crippen molar-refractivity contribution in [3.63, 3.8) is 0 Å². The van der Waals surface area contributed by atoms with Crippen molar-refractivity contribution < 1.29 is 19.1 Å². The molecule has 2 aromatic carbocycles. The van der Waals surface area contributed by atoms with Crippen molar-refractivity contribution in [1.82, 2.24) is 5.32 Å². The summed E-state index contributed by atoms with van der Waals surface area (Å²) in [6.45, 7) is 0. The third kappa shape index (κ3) is 4.78. The van der Waals surface area contributed by atoms with Gasteiger partial charge >= 0.3 is 5.97 Å². The van der Waals surface area contributed by atoms with Crippen LogP contribution in [0.15, 0.2) is 63.5 Å². The van der Waals surface area contributed by atoms with Crippen molar-refractivity contribution in [2.75, 3.05) is 5.32 Å². The van der Waals surface area contributed by atoms with E-state index in [1.54, 1.807) is 6.07 Å². The van der Waals surface area contributed by atoms with Crippen LogP contribution in [-0.4, -0.2) is 22.1 Å². The maximum atomic E-state index is 12.3. The van der Waals surface area contributed by atoms with E-state index >= 15 is 0 Å². The van der Waals surface area contributed by atoms with Gasteiger partial charge in [0.2, 0.25) is 0 Å². The zero-order valence-electron chi connectivity index (χ0n) is 14.0. The Hall–Kier alpha value is -2.68. The molecule has 9 heteroatoms. The number of amides is 1. The number of rotatable bonds is 4. The van der Waals surface area contributed by atoms with Gasteiger partial charge in [-0.25, -0.2) is 4.79 Å². The summed E-state index contributed by atoms with van der Waals surface area (Å²) in [5.74, 6) is -1.04. The van der Waals surface area contributed by atoms with E-state index in [4.69, 9.17) is 33.3 Å². The number of carboxylic acid groups (broad SMARTS) is 1. The lowest BCUT2D eigenvalue weighted by Gasteiger charge is -2.10. The van der Waals surface area contributed by atoms with E-state index in [9.17, 15) is 9.59 Å². The van der Waals surface area contributed by atoms with Gasteiger partial charge in [0.25, 0.3) is 5.91 Å². The number of hydrogen-bond donors (Lipinski definition) is 3. The summed E-state index contributed by atoms with van der Waals surface area (Å²) in [5, 5.41) is 14.4. The molecule has 0 aliphatic heterocycles. The number of carbonyl (C=O) groups is 2. The summed E-state index contributed by atoms with van der Waals surface area (Å²) in [6.07, 6.45) is 0. The highest BCUT2D eigenvalue weighted by molar-refractivity contribution is 9.10. The molecule has 0 saturated heterocycles. The lowest BCUT2D eigenvalue weighted by molar-refractivity contribution is 0.0696. The molecule has 0 fully saturated rings. The Kier molecular flexibility index (Phi) is 6.13. The van der Waals surface area contributed by atoms with Gasteiger partial charge in [-0.1, -0.05) is 39.7 Å². The van der Waals surface area contributed by atoms with Gasteiger partial charge in [-0.3, -0.25) is 10.1 Å². The van der Waals surface area contributed by atoms with E-state index in [1.807, 2.05) is 24.3 Å². The number of thiocarbonyl (C=S) groups is 1. The van der Waals surface area contributed by atoms with Gasteiger partial charge in [-0.15, -0.1) is 0 Å². The monoisotopic (exact) mass is 478 g/mol. The third-order valence-corrected chi connectivity index (χ3v) is 4.71. The van der Waals surface area contributed by atoms with E-state index in [2.05, 4.69) is 26.6 Å². The van der Waals surface area contributed by atoms with Crippen LogP contribution in [0.5, 0.6) is 0 Å². The predicted molar refractivity (Wildman–Crippen MR) is 114 cm³/mol. The van der Waals surface area contributed by atoms with Crippen LogP contribution in [0, 0.1) is 0 Å². The molecule has 3 aromatic rings. The van der Waals surface area contributed by atoms with Crippen LogP contribution in [0.3, 0.4) is 0 Å². The standard InChI is InChI=1S/C19H12BrClN2O4S/c20-12-4-1-10(2-5-12)15-7-8-16(27-15)17(24)23-19(28)22-14-9-11(18(25)26)3-6-13(14)21/h1-9H,(H,25,26)(H2,22,23,24,28). The number of carbonyl (C=O) groups excluding carboxylic acids is 1. The second-order valence-corrected chi connectivity index (χ2v) is 7.31. The average molecular weight is 480 g/mol. The first kappa shape index (κ1) is 20.1. The van der Waals surface area contributed by atoms with Crippen molar-refractivity contribution in [3.05, 3.63) is 75.4 Å². The minimum Gasteiger partial charge on any atom is -0.478 e. The fourth-order valence-corrected chi connectivity index (χ4v) is 2.93. The van der Waals surface area contributed by atoms with Gasteiger partial charge < -0.3 is 14.8 Å². The average Bonchev–Trinajstić information content (AvgIpc) is 3.14. The zero-order valence-corrected chi connectivity index (χ0v) is 17.2. The summed E-state index contributed by atoms with van der Waals surface area (Å²) in [6, 6.07) is 14.8. The van der Waals surface area contributed by atoms with E-state index in [-0.39, 0.29) is 27.1 Å². The van der Waals surface area contributed by atoms with Gasteiger partial charge in [-0.05, 0) is 54.7 Å². The van der Waals surface area contributed by atoms with Gasteiger partial charge in [0.05, 0.1) is 16.3 Å². The lowest BCUT2D eigenvalue weighted by atomic mass is 10.2. The van der Waals surface area contributed by atoms with Crippen LogP contribution in [0.25, 0.3) is 11.3 Å². The van der Waals surface area contributed by atoms with Crippen LogP contribution in [0.1, 0.15) is 20.9 Å². The molecule has 3 N–H and O–H groups in total. The number of furan rings is 1. The minimum atomic E-state index is -1.11. The van der Waals surface area contributed by atoms with Crippen molar-refractivity contribution >= 4 is 62.4 Å². The summed E-state index contributed by atoms with van der Waals surface area (Å²) < 4.78 is 6.51. The summed E-state index contributed by atoms with van der Waals surface area (Å²) in [5.41, 5.74) is 1.12. The third-order valence-electron chi connectivity index (χ3n) is 3.65. The molecule has 142 valence electrons. The Morgan fingerprint density at radius 2 is 1.79 bits per heavy atom. The number of nitrogens with one attached hydrogen (secondary N) is 2. The van der Waals surface area contributed by atoms with Crippen LogP contribution < -0.4 is 10.6 Å². The molecule has 0 radical (unpaired) electrons. The van der Waals surface area contributed by atoms with E-state index in [0.29, 0.717) is 5.76 Å². The molecule has 0 bridgehead atoms. The molecule has 1 amide bonds. The largest absolute Gasteiger partial charge is 0.478 e. The fraction of sp³-hybridized carbons (Fsp3) is 0. The highest BCUT2D eigenvalue weighted by atomic mass is 79.9. The lowest BCUT2D eigenvalue weighted by Crippen LogP contribution is -2.34. The normalized spacial score (nSPS) is 10.4. The number of anilines is 1. The van der Waals surface area contributed by atoms with Crippen molar-refractivity contribution in [1.29, 1.82) is 0 Å². The zero-order chi connectivity index (χ0) is 20.3. The maximum Gasteiger partial charge on any atom is 0.335 e. The molecule has 1 aromatic heterocycles. The SMILES string of the molecule is O=C(O)c1ccc(Cl)c(NC(=S)NC(=O)c2ccc(-c3ccc(Br)cc3)o2)c1. The van der Waals surface area contributed by atoms with Crippen LogP contribution in [0.2, 0.25) is 5.02 Å². The van der Waals surface area contributed by atoms with Crippen LogP contribution in [0.4, 0.5) is 5.69 Å². The molecule has 28 heavy (non-hydrogen) atoms. The van der Waals surface area contributed by atoms with Crippen molar-refractivity contribution in [3.8, 4) is 11.3 Å². The number of benzene rings is 2. The minimum absolute atomic E-state index is 0.0335. The molecule has 6 nitrogen and oxygen atoms in total. The highest BCUT2D eigenvalue weighted by Gasteiger charge is 2.15. The first-order chi connectivity index (χ1) is 13.3. The first-order valence-electron chi connectivity index (χ1n) is 7.84. The Labute approximate surface area is 178 Å². The molecule has 0 spiro atoms. The Morgan fingerprint density at radius 1 is 1.07 bits per heavy atom. The Morgan fingerprint density at radius 3 is 2.46 bits per heavy atom. The van der Waals surface area contributed by atoms with E-state index in [1.165, 1.54) is 24.3 Å². The number of carboxylic acids is 1. The maximum absolute atomic E-state index is 12.3. The topological polar surface area (TPSA) is 91.6 Å². The molecular weight excluding hydrogens is 468 g/mol. The highest BCUT2D eigenvalue weighted by Crippen LogP contribution is 2.25. The van der Waals surface area contributed by atoms with Gasteiger partial charge in [0.15, 0.2) is 10.9 Å². The second kappa shape index (κ2) is 8.55. The molecule has 0 unspecified atom stereocenters. The Bertz CT molecular complexity index is 1070. The van der Waals surface area contributed by atoms with Crippen molar-refractivity contribution in [2.45, 2.75) is 0 Å². The molecular formula is C19H12BrClN2O4S. The Balaban J connectivity index is 1.68. The number of aromatic carboxylic acids is 1. The first-order valence-corrected chi connectivity index (χ1v) is 9.42. The van der Waals surface area contributed by atoms with Gasteiger partial charge in [-0.2, -0.15) is 0 Å². The molecule has 3 rings (SSSR count). The molecule has 0 atom stereocenters. The van der Waals surface area contributed by atoms with E-state index < -0.39 is 11.9 Å². The van der Waals surface area contributed by atoms with Gasteiger partial charge in [0.1, 0.15) is 5.76 Å². The molecule has 0 aliphatic carbocycles. The smallest absolute Gasteiger partial charge is 0.335 e. The fourth-order valence-electron chi connectivity index (χ4n) is 2.30. The summed E-state index contributed by atoms with van der Waals surface area (Å²) >= 11 is 14.5. The number of hydrogen-bond acceptors (Lipinski definition) is 4. The van der Waals surface area contributed by atoms with Crippen LogP contribution in [-0.2, 0) is 0 Å². The summed E-state index contributed by atoms with van der Waals surface area (Å²) in [7, 11) is 0. The molecule has 0 saturated carbocycles. The molecule has 0 aliphatic rings. The predicted octanol–water partition coefficient (Wildman–Crippen LogP) is 5.19. The van der Waals surface area contributed by atoms with Crippen molar-refractivity contribution in [2.24, 2.45) is 0 Å². The second-order valence-electron chi connectivity index (χ2n) is 5.58. The summed E-state index contributed by atoms with van der Waals surface area (Å²) in [4.78, 5) is 23.4. The van der Waals surface area contributed by atoms with Gasteiger partial charge in [0, 0.05) is 10.0 Å². The number of halogens is 2. The molecule has 1 heterocycles. The quantitative estimate of drug-likeness (QED) is 0.446. The van der Waals surface area contributed by atoms with E-state index in [0.717, 1.165) is 10.0 Å².